The van der Waals surface area contributed by atoms with Crippen molar-refractivity contribution in [2.45, 2.75) is 52.7 Å². The van der Waals surface area contributed by atoms with Crippen LogP contribution in [-0.2, 0) is 13.6 Å². The summed E-state index contributed by atoms with van der Waals surface area (Å²) < 4.78 is 1.77. The highest BCUT2D eigenvalue weighted by molar-refractivity contribution is 6.30. The van der Waals surface area contributed by atoms with Crippen LogP contribution in [0, 0.1) is 12.8 Å². The number of piperazine rings is 1. The number of aromatic nitrogens is 2. The molecular weight excluding hydrogens is 272 g/mol. The number of rotatable bonds is 4. The SMILES string of the molecule is Cc1nn(C)c(Cl)c1CN1CC(CC(C)C)NCC1C. The zero-order valence-electron chi connectivity index (χ0n) is 13.3. The van der Waals surface area contributed by atoms with Crippen molar-refractivity contribution in [2.24, 2.45) is 13.0 Å². The van der Waals surface area contributed by atoms with Gasteiger partial charge in [0.15, 0.2) is 0 Å². The lowest BCUT2D eigenvalue weighted by Gasteiger charge is -2.39. The van der Waals surface area contributed by atoms with Crippen LogP contribution >= 0.6 is 11.6 Å². The summed E-state index contributed by atoms with van der Waals surface area (Å²) >= 11 is 6.36. The van der Waals surface area contributed by atoms with Crippen LogP contribution in [-0.4, -0.2) is 39.9 Å². The summed E-state index contributed by atoms with van der Waals surface area (Å²) in [5.74, 6) is 0.728. The average Bonchev–Trinajstić information content (AvgIpc) is 2.59. The predicted molar refractivity (Wildman–Crippen MR) is 84.1 cm³/mol. The summed E-state index contributed by atoms with van der Waals surface area (Å²) in [6.07, 6.45) is 1.23. The number of halogens is 1. The summed E-state index contributed by atoms with van der Waals surface area (Å²) in [5.41, 5.74) is 2.22. The second-order valence-electron chi connectivity index (χ2n) is 6.49. The van der Waals surface area contributed by atoms with Gasteiger partial charge in [-0.1, -0.05) is 25.4 Å². The van der Waals surface area contributed by atoms with Crippen LogP contribution in [0.4, 0.5) is 0 Å². The van der Waals surface area contributed by atoms with E-state index >= 15 is 0 Å². The largest absolute Gasteiger partial charge is 0.311 e. The summed E-state index contributed by atoms with van der Waals surface area (Å²) in [7, 11) is 1.90. The van der Waals surface area contributed by atoms with Crippen LogP contribution in [0.15, 0.2) is 0 Å². The van der Waals surface area contributed by atoms with Crippen molar-refractivity contribution < 1.29 is 0 Å². The first-order valence-electron chi connectivity index (χ1n) is 7.53. The molecule has 114 valence electrons. The van der Waals surface area contributed by atoms with Gasteiger partial charge in [0.2, 0.25) is 0 Å². The zero-order chi connectivity index (χ0) is 14.9. The van der Waals surface area contributed by atoms with Gasteiger partial charge < -0.3 is 5.32 Å². The molecule has 1 aromatic rings. The molecule has 1 fully saturated rings. The van der Waals surface area contributed by atoms with Crippen LogP contribution in [0.2, 0.25) is 5.15 Å². The minimum atomic E-state index is 0.536. The first-order valence-corrected chi connectivity index (χ1v) is 7.91. The lowest BCUT2D eigenvalue weighted by atomic mass is 10.00. The molecule has 0 saturated carbocycles. The zero-order valence-corrected chi connectivity index (χ0v) is 14.0. The fraction of sp³-hybridized carbons (Fsp3) is 0.800. The molecule has 0 spiro atoms. The lowest BCUT2D eigenvalue weighted by Crippen LogP contribution is -2.55. The Morgan fingerprint density at radius 1 is 1.45 bits per heavy atom. The minimum Gasteiger partial charge on any atom is -0.311 e. The second kappa shape index (κ2) is 6.46. The molecule has 20 heavy (non-hydrogen) atoms. The normalized spacial score (nSPS) is 24.6. The van der Waals surface area contributed by atoms with Crippen molar-refractivity contribution in [1.29, 1.82) is 0 Å². The molecule has 0 aliphatic carbocycles. The quantitative estimate of drug-likeness (QED) is 0.927. The molecule has 0 amide bonds. The van der Waals surface area contributed by atoms with E-state index in [9.17, 15) is 0 Å². The Labute approximate surface area is 127 Å². The topological polar surface area (TPSA) is 33.1 Å². The summed E-state index contributed by atoms with van der Waals surface area (Å²) in [6.45, 7) is 11.9. The van der Waals surface area contributed by atoms with Gasteiger partial charge in [-0.05, 0) is 26.2 Å². The van der Waals surface area contributed by atoms with Crippen molar-refractivity contribution in [2.75, 3.05) is 13.1 Å². The van der Waals surface area contributed by atoms with Crippen LogP contribution in [0.1, 0.15) is 38.4 Å². The van der Waals surface area contributed by atoms with Gasteiger partial charge in [0.25, 0.3) is 0 Å². The van der Waals surface area contributed by atoms with Gasteiger partial charge in [0.1, 0.15) is 5.15 Å². The Bertz CT molecular complexity index is 455. The highest BCUT2D eigenvalue weighted by Gasteiger charge is 2.27. The molecular formula is C15H27ClN4. The summed E-state index contributed by atoms with van der Waals surface area (Å²) in [5, 5.41) is 8.84. The molecule has 2 atom stereocenters. The van der Waals surface area contributed by atoms with Crippen molar-refractivity contribution in [3.8, 4) is 0 Å². The fourth-order valence-corrected chi connectivity index (χ4v) is 3.23. The van der Waals surface area contributed by atoms with Crippen LogP contribution in [0.3, 0.4) is 0 Å². The highest BCUT2D eigenvalue weighted by Crippen LogP contribution is 2.23. The Morgan fingerprint density at radius 3 is 2.70 bits per heavy atom. The summed E-state index contributed by atoms with van der Waals surface area (Å²) in [6, 6.07) is 1.12. The molecule has 1 aliphatic rings. The highest BCUT2D eigenvalue weighted by atomic mass is 35.5. The standard InChI is InChI=1S/C15H27ClN4/c1-10(2)6-13-8-20(11(3)7-17-13)9-14-12(4)18-19(5)15(14)16/h10-11,13,17H,6-9H2,1-5H3. The maximum Gasteiger partial charge on any atom is 0.131 e. The van der Waals surface area contributed by atoms with Gasteiger partial charge in [0.05, 0.1) is 5.69 Å². The van der Waals surface area contributed by atoms with E-state index in [0.29, 0.717) is 12.1 Å². The number of nitrogens with zero attached hydrogens (tertiary/aromatic N) is 3. The third-order valence-corrected chi connectivity index (χ3v) is 4.64. The van der Waals surface area contributed by atoms with Gasteiger partial charge in [-0.2, -0.15) is 5.10 Å². The molecule has 1 saturated heterocycles. The van der Waals surface area contributed by atoms with E-state index in [1.165, 1.54) is 12.0 Å². The van der Waals surface area contributed by atoms with Gasteiger partial charge >= 0.3 is 0 Å². The van der Waals surface area contributed by atoms with E-state index in [1.54, 1.807) is 4.68 Å². The third-order valence-electron chi connectivity index (χ3n) is 4.17. The molecule has 0 aromatic carbocycles. The van der Waals surface area contributed by atoms with Gasteiger partial charge in [-0.3, -0.25) is 9.58 Å². The monoisotopic (exact) mass is 298 g/mol. The second-order valence-corrected chi connectivity index (χ2v) is 6.85. The fourth-order valence-electron chi connectivity index (χ4n) is 3.00. The number of hydrogen-bond donors (Lipinski definition) is 1. The van der Waals surface area contributed by atoms with Crippen molar-refractivity contribution >= 4 is 11.6 Å². The Balaban J connectivity index is 2.06. The van der Waals surface area contributed by atoms with E-state index in [-0.39, 0.29) is 0 Å². The summed E-state index contributed by atoms with van der Waals surface area (Å²) in [4.78, 5) is 2.53. The molecule has 1 aliphatic heterocycles. The van der Waals surface area contributed by atoms with E-state index < -0.39 is 0 Å². The smallest absolute Gasteiger partial charge is 0.131 e. The molecule has 5 heteroatoms. The Morgan fingerprint density at radius 2 is 2.15 bits per heavy atom. The number of aryl methyl sites for hydroxylation is 2. The third kappa shape index (κ3) is 3.54. The molecule has 4 nitrogen and oxygen atoms in total. The van der Waals surface area contributed by atoms with Crippen molar-refractivity contribution in [3.05, 3.63) is 16.4 Å². The molecule has 0 bridgehead atoms. The maximum absolute atomic E-state index is 6.36. The molecule has 2 heterocycles. The van der Waals surface area contributed by atoms with Crippen LogP contribution < -0.4 is 5.32 Å². The number of nitrogens with one attached hydrogen (secondary N) is 1. The maximum atomic E-state index is 6.36. The van der Waals surface area contributed by atoms with E-state index in [1.807, 2.05) is 14.0 Å². The molecule has 1 N–H and O–H groups in total. The average molecular weight is 299 g/mol. The van der Waals surface area contributed by atoms with E-state index in [2.05, 4.69) is 36.1 Å². The van der Waals surface area contributed by atoms with Crippen molar-refractivity contribution in [3.63, 3.8) is 0 Å². The predicted octanol–water partition coefficient (Wildman–Crippen LogP) is 2.59. The van der Waals surface area contributed by atoms with Gasteiger partial charge in [0, 0.05) is 44.3 Å². The Kier molecular flexibility index (Phi) is 5.10. The molecule has 0 radical (unpaired) electrons. The minimum absolute atomic E-state index is 0.536. The molecule has 2 unspecified atom stereocenters. The molecule has 1 aromatic heterocycles. The van der Waals surface area contributed by atoms with E-state index in [0.717, 1.165) is 36.4 Å². The number of hydrogen-bond acceptors (Lipinski definition) is 3. The lowest BCUT2D eigenvalue weighted by molar-refractivity contribution is 0.124. The first kappa shape index (κ1) is 15.8. The van der Waals surface area contributed by atoms with E-state index in [4.69, 9.17) is 11.6 Å². The Hall–Kier alpha value is -0.580. The van der Waals surface area contributed by atoms with Gasteiger partial charge in [-0.25, -0.2) is 0 Å². The first-order chi connectivity index (χ1) is 9.38. The van der Waals surface area contributed by atoms with Gasteiger partial charge in [-0.15, -0.1) is 0 Å². The molecule has 2 rings (SSSR count). The van der Waals surface area contributed by atoms with Crippen molar-refractivity contribution in [1.82, 2.24) is 20.0 Å². The van der Waals surface area contributed by atoms with Crippen LogP contribution in [0.5, 0.6) is 0 Å². The van der Waals surface area contributed by atoms with Crippen LogP contribution in [0.25, 0.3) is 0 Å².